The second-order valence-corrected chi connectivity index (χ2v) is 7.66. The molecule has 0 radical (unpaired) electrons. The number of rotatable bonds is 3. The highest BCUT2D eigenvalue weighted by Gasteiger charge is 2.19. The lowest BCUT2D eigenvalue weighted by Crippen LogP contribution is -2.17. The highest BCUT2D eigenvalue weighted by atomic mass is 32.2. The first-order valence-corrected chi connectivity index (χ1v) is 9.90. The van der Waals surface area contributed by atoms with Crippen LogP contribution in [0.15, 0.2) is 94.2 Å². The molecule has 0 saturated heterocycles. The number of benzene rings is 3. The number of nitrogens with zero attached hydrogens (tertiary/aromatic N) is 3. The summed E-state index contributed by atoms with van der Waals surface area (Å²) in [6.07, 6.45) is 0. The zero-order valence-corrected chi connectivity index (χ0v) is 15.5. The van der Waals surface area contributed by atoms with Gasteiger partial charge in [-0.1, -0.05) is 60.7 Å². The largest absolute Gasteiger partial charge is 0.284 e. The third-order valence-corrected chi connectivity index (χ3v) is 5.50. The topological polar surface area (TPSA) is 64.3 Å². The van der Waals surface area contributed by atoms with Crippen molar-refractivity contribution in [2.45, 2.75) is 11.8 Å². The van der Waals surface area contributed by atoms with Crippen molar-refractivity contribution in [1.82, 2.24) is 9.55 Å². The van der Waals surface area contributed by atoms with Crippen LogP contribution in [0.1, 0.15) is 11.4 Å². The second-order valence-electron chi connectivity index (χ2n) is 6.05. The van der Waals surface area contributed by atoms with Crippen molar-refractivity contribution < 1.29 is 8.42 Å². The lowest BCUT2D eigenvalue weighted by atomic mass is 10.2. The van der Waals surface area contributed by atoms with Gasteiger partial charge in [0.1, 0.15) is 5.82 Å². The molecular formula is C21H17N3O2S. The third kappa shape index (κ3) is 3.27. The normalized spacial score (nSPS) is 12.4. The maximum Gasteiger partial charge on any atom is 0.284 e. The molecule has 0 N–H and O–H groups in total. The maximum absolute atomic E-state index is 12.9. The van der Waals surface area contributed by atoms with Crippen LogP contribution in [0.2, 0.25) is 0 Å². The SMILES string of the molecule is Cc1nc2ccccc2n1/C(=N/S(=O)(=O)c1ccccc1)c1ccccc1. The van der Waals surface area contributed by atoms with E-state index >= 15 is 0 Å². The zero-order chi connectivity index (χ0) is 18.9. The first kappa shape index (κ1) is 17.2. The molecule has 1 heterocycles. The Balaban J connectivity index is 2.00. The number of sulfonamides is 1. The molecule has 6 heteroatoms. The number of hydrogen-bond donors (Lipinski definition) is 0. The molecule has 0 unspecified atom stereocenters. The summed E-state index contributed by atoms with van der Waals surface area (Å²) < 4.78 is 31.9. The summed E-state index contributed by atoms with van der Waals surface area (Å²) in [7, 11) is -3.88. The molecule has 0 bridgehead atoms. The highest BCUT2D eigenvalue weighted by Crippen LogP contribution is 2.20. The Bertz CT molecular complexity index is 1230. The van der Waals surface area contributed by atoms with Crippen molar-refractivity contribution in [3.05, 3.63) is 96.3 Å². The number of para-hydroxylation sites is 2. The van der Waals surface area contributed by atoms with E-state index < -0.39 is 10.0 Å². The molecule has 0 fully saturated rings. The van der Waals surface area contributed by atoms with E-state index in [9.17, 15) is 8.42 Å². The monoisotopic (exact) mass is 375 g/mol. The Morgan fingerprint density at radius 3 is 2.15 bits per heavy atom. The molecule has 4 rings (SSSR count). The Labute approximate surface area is 157 Å². The number of fused-ring (bicyclic) bond motifs is 1. The van der Waals surface area contributed by atoms with Gasteiger partial charge in [-0.05, 0) is 31.2 Å². The quantitative estimate of drug-likeness (QED) is 0.401. The molecule has 0 saturated carbocycles. The van der Waals surface area contributed by atoms with E-state index in [0.717, 1.165) is 11.0 Å². The van der Waals surface area contributed by atoms with E-state index in [1.807, 2.05) is 61.5 Å². The lowest BCUT2D eigenvalue weighted by Gasteiger charge is -2.11. The van der Waals surface area contributed by atoms with E-state index in [4.69, 9.17) is 0 Å². The molecule has 4 aromatic rings. The summed E-state index contributed by atoms with van der Waals surface area (Å²) in [4.78, 5) is 4.70. The Kier molecular flexibility index (Phi) is 4.33. The summed E-state index contributed by atoms with van der Waals surface area (Å²) in [5, 5.41) is 0. The predicted molar refractivity (Wildman–Crippen MR) is 106 cm³/mol. The van der Waals surface area contributed by atoms with E-state index in [1.54, 1.807) is 34.9 Å². The molecule has 0 aliphatic rings. The van der Waals surface area contributed by atoms with Crippen LogP contribution in [0, 0.1) is 6.92 Å². The highest BCUT2D eigenvalue weighted by molar-refractivity contribution is 7.90. The van der Waals surface area contributed by atoms with Crippen molar-refractivity contribution in [3.8, 4) is 0 Å². The fourth-order valence-corrected chi connectivity index (χ4v) is 4.00. The molecule has 0 amide bonds. The number of aromatic nitrogens is 2. The van der Waals surface area contributed by atoms with Gasteiger partial charge in [0.2, 0.25) is 0 Å². The minimum atomic E-state index is -3.88. The Morgan fingerprint density at radius 2 is 1.44 bits per heavy atom. The van der Waals surface area contributed by atoms with Crippen LogP contribution in [0.4, 0.5) is 0 Å². The van der Waals surface area contributed by atoms with Gasteiger partial charge in [0.15, 0.2) is 5.84 Å². The van der Waals surface area contributed by atoms with Gasteiger partial charge in [-0.3, -0.25) is 4.57 Å². The Hall–Kier alpha value is -3.25. The van der Waals surface area contributed by atoms with Crippen molar-refractivity contribution >= 4 is 26.9 Å². The zero-order valence-electron chi connectivity index (χ0n) is 14.6. The first-order valence-electron chi connectivity index (χ1n) is 8.46. The van der Waals surface area contributed by atoms with Gasteiger partial charge >= 0.3 is 0 Å². The van der Waals surface area contributed by atoms with E-state index in [-0.39, 0.29) is 4.90 Å². The van der Waals surface area contributed by atoms with Crippen molar-refractivity contribution in [2.24, 2.45) is 4.40 Å². The van der Waals surface area contributed by atoms with Crippen LogP contribution in [0.5, 0.6) is 0 Å². The lowest BCUT2D eigenvalue weighted by molar-refractivity contribution is 0.598. The molecule has 0 spiro atoms. The van der Waals surface area contributed by atoms with Gasteiger partial charge in [-0.15, -0.1) is 4.40 Å². The van der Waals surface area contributed by atoms with Gasteiger partial charge in [0.25, 0.3) is 10.0 Å². The maximum atomic E-state index is 12.9. The number of imidazole rings is 1. The fourth-order valence-electron chi connectivity index (χ4n) is 2.98. The molecule has 27 heavy (non-hydrogen) atoms. The van der Waals surface area contributed by atoms with E-state index in [2.05, 4.69) is 9.38 Å². The van der Waals surface area contributed by atoms with Gasteiger partial charge in [0.05, 0.1) is 15.9 Å². The molecule has 0 aliphatic heterocycles. The summed E-state index contributed by atoms with van der Waals surface area (Å²) in [5.74, 6) is 0.993. The average Bonchev–Trinajstić information content (AvgIpc) is 3.03. The minimum absolute atomic E-state index is 0.153. The fraction of sp³-hybridized carbons (Fsp3) is 0.0476. The molecule has 134 valence electrons. The molecule has 1 aromatic heterocycles. The van der Waals surface area contributed by atoms with Crippen molar-refractivity contribution in [1.29, 1.82) is 0 Å². The Morgan fingerprint density at radius 1 is 0.852 bits per heavy atom. The number of hydrogen-bond acceptors (Lipinski definition) is 3. The van der Waals surface area contributed by atoms with Gasteiger partial charge < -0.3 is 0 Å². The van der Waals surface area contributed by atoms with Gasteiger partial charge in [0, 0.05) is 5.56 Å². The van der Waals surface area contributed by atoms with Crippen LogP contribution in [-0.2, 0) is 10.0 Å². The standard InChI is InChI=1S/C21H17N3O2S/c1-16-22-19-14-8-9-15-20(19)24(16)21(17-10-4-2-5-11-17)23-27(25,26)18-12-6-3-7-13-18/h2-15H,1H3/b23-21+. The predicted octanol–water partition coefficient (Wildman–Crippen LogP) is 4.03. The first-order chi connectivity index (χ1) is 13.1. The molecular weight excluding hydrogens is 358 g/mol. The smallest absolute Gasteiger partial charge is 0.279 e. The van der Waals surface area contributed by atoms with Crippen LogP contribution in [0.25, 0.3) is 11.0 Å². The van der Waals surface area contributed by atoms with Crippen LogP contribution < -0.4 is 0 Å². The summed E-state index contributed by atoms with van der Waals surface area (Å²) in [6.45, 7) is 1.84. The summed E-state index contributed by atoms with van der Waals surface area (Å²) in [5.41, 5.74) is 2.29. The second kappa shape index (κ2) is 6.81. The van der Waals surface area contributed by atoms with Crippen LogP contribution in [0.3, 0.4) is 0 Å². The van der Waals surface area contributed by atoms with Crippen molar-refractivity contribution in [2.75, 3.05) is 0 Å². The molecule has 3 aromatic carbocycles. The molecule has 5 nitrogen and oxygen atoms in total. The van der Waals surface area contributed by atoms with Crippen LogP contribution >= 0.6 is 0 Å². The molecule has 0 aliphatic carbocycles. The van der Waals surface area contributed by atoms with Gasteiger partial charge in [-0.25, -0.2) is 4.98 Å². The third-order valence-electron chi connectivity index (χ3n) is 4.22. The minimum Gasteiger partial charge on any atom is -0.279 e. The van der Waals surface area contributed by atoms with Gasteiger partial charge in [-0.2, -0.15) is 8.42 Å². The van der Waals surface area contributed by atoms with E-state index in [1.165, 1.54) is 0 Å². The number of aryl methyl sites for hydroxylation is 1. The molecule has 0 atom stereocenters. The summed E-state index contributed by atoms with van der Waals surface area (Å²) in [6, 6.07) is 25.1. The van der Waals surface area contributed by atoms with E-state index in [0.29, 0.717) is 17.2 Å². The average molecular weight is 375 g/mol. The summed E-state index contributed by atoms with van der Waals surface area (Å²) >= 11 is 0. The van der Waals surface area contributed by atoms with Crippen LogP contribution in [-0.4, -0.2) is 23.8 Å². The van der Waals surface area contributed by atoms with Crippen molar-refractivity contribution in [3.63, 3.8) is 0 Å².